The first kappa shape index (κ1) is 13.4. The highest BCUT2D eigenvalue weighted by Crippen LogP contribution is 2.45. The third kappa shape index (κ3) is 2.36. The number of hydrogen-bond acceptors (Lipinski definition) is 3. The smallest absolute Gasteiger partial charge is 0.156 e. The summed E-state index contributed by atoms with van der Waals surface area (Å²) >= 11 is 0. The van der Waals surface area contributed by atoms with E-state index in [9.17, 15) is 15.0 Å². The maximum absolute atomic E-state index is 11.5. The number of aliphatic hydroxyl groups is 2. The molecule has 0 aromatic rings. The van der Waals surface area contributed by atoms with E-state index in [-0.39, 0.29) is 5.78 Å². The van der Waals surface area contributed by atoms with Gasteiger partial charge in [-0.25, -0.2) is 0 Å². The average Bonchev–Trinajstić information content (AvgIpc) is 2.10. The van der Waals surface area contributed by atoms with E-state index in [0.29, 0.717) is 19.3 Å². The monoisotopic (exact) mass is 226 g/mol. The molecule has 0 spiro atoms. The van der Waals surface area contributed by atoms with E-state index in [1.54, 1.807) is 13.8 Å². The standard InChI is InChI=1S/C13H22O3/c1-9-7-11(15)8-12(3,4)13(9,16)6-5-10(2)14/h7,10,14,16H,5-6,8H2,1-4H3/t10-,13-/m1/s1. The van der Waals surface area contributed by atoms with Crippen LogP contribution >= 0.6 is 0 Å². The summed E-state index contributed by atoms with van der Waals surface area (Å²) < 4.78 is 0. The van der Waals surface area contributed by atoms with Crippen LogP contribution in [0.1, 0.15) is 47.0 Å². The van der Waals surface area contributed by atoms with Crippen molar-refractivity contribution < 1.29 is 15.0 Å². The van der Waals surface area contributed by atoms with Crippen molar-refractivity contribution in [3.63, 3.8) is 0 Å². The van der Waals surface area contributed by atoms with Crippen LogP contribution in [0, 0.1) is 5.41 Å². The Labute approximate surface area is 97.2 Å². The fourth-order valence-corrected chi connectivity index (χ4v) is 2.48. The fourth-order valence-electron chi connectivity index (χ4n) is 2.48. The molecule has 1 rings (SSSR count). The SMILES string of the molecule is CC1=CC(=O)CC(C)(C)[C@@]1(O)CC[C@@H](C)O. The Morgan fingerprint density at radius 1 is 1.50 bits per heavy atom. The molecule has 0 unspecified atom stereocenters. The predicted octanol–water partition coefficient (Wildman–Crippen LogP) is 1.82. The van der Waals surface area contributed by atoms with Gasteiger partial charge < -0.3 is 10.2 Å². The molecule has 2 N–H and O–H groups in total. The van der Waals surface area contributed by atoms with Gasteiger partial charge in [0.05, 0.1) is 11.7 Å². The van der Waals surface area contributed by atoms with Gasteiger partial charge in [0, 0.05) is 11.8 Å². The molecule has 1 aliphatic carbocycles. The number of carbonyl (C=O) groups excluding carboxylic acids is 1. The number of ketones is 1. The van der Waals surface area contributed by atoms with Crippen LogP contribution in [0.15, 0.2) is 11.6 Å². The Balaban J connectivity index is 2.97. The molecule has 0 heterocycles. The zero-order chi connectivity index (χ0) is 12.6. The Morgan fingerprint density at radius 3 is 2.50 bits per heavy atom. The van der Waals surface area contributed by atoms with Gasteiger partial charge >= 0.3 is 0 Å². The topological polar surface area (TPSA) is 57.5 Å². The number of hydrogen-bond donors (Lipinski definition) is 2. The average molecular weight is 226 g/mol. The minimum absolute atomic E-state index is 0.0734. The largest absolute Gasteiger partial charge is 0.393 e. The van der Waals surface area contributed by atoms with Crippen LogP contribution in [0.2, 0.25) is 0 Å². The molecule has 0 saturated heterocycles. The van der Waals surface area contributed by atoms with Crippen LogP contribution in [-0.4, -0.2) is 27.7 Å². The highest BCUT2D eigenvalue weighted by Gasteiger charge is 2.47. The lowest BCUT2D eigenvalue weighted by Gasteiger charge is -2.46. The second kappa shape index (κ2) is 4.30. The molecule has 0 radical (unpaired) electrons. The summed E-state index contributed by atoms with van der Waals surface area (Å²) in [4.78, 5) is 11.5. The third-order valence-corrected chi connectivity index (χ3v) is 3.69. The molecule has 3 nitrogen and oxygen atoms in total. The molecule has 0 aromatic carbocycles. The second-order valence-electron chi connectivity index (χ2n) is 5.60. The van der Waals surface area contributed by atoms with Crippen LogP contribution in [0.3, 0.4) is 0 Å². The Bertz CT molecular complexity index is 315. The molecule has 2 atom stereocenters. The lowest BCUT2D eigenvalue weighted by molar-refractivity contribution is -0.125. The van der Waals surface area contributed by atoms with Crippen LogP contribution in [-0.2, 0) is 4.79 Å². The molecule has 0 bridgehead atoms. The molecule has 0 aliphatic heterocycles. The molecule has 16 heavy (non-hydrogen) atoms. The van der Waals surface area contributed by atoms with Crippen LogP contribution in [0.5, 0.6) is 0 Å². The van der Waals surface area contributed by atoms with Gasteiger partial charge in [0.15, 0.2) is 5.78 Å². The van der Waals surface area contributed by atoms with Gasteiger partial charge in [-0.1, -0.05) is 13.8 Å². The molecule has 92 valence electrons. The van der Waals surface area contributed by atoms with E-state index < -0.39 is 17.1 Å². The van der Waals surface area contributed by atoms with Crippen molar-refractivity contribution in [3.8, 4) is 0 Å². The lowest BCUT2D eigenvalue weighted by Crippen LogP contribution is -2.49. The lowest BCUT2D eigenvalue weighted by atomic mass is 9.63. The van der Waals surface area contributed by atoms with Gasteiger partial charge in [-0.3, -0.25) is 4.79 Å². The van der Waals surface area contributed by atoms with Crippen LogP contribution in [0.25, 0.3) is 0 Å². The van der Waals surface area contributed by atoms with Crippen LogP contribution < -0.4 is 0 Å². The highest BCUT2D eigenvalue weighted by molar-refractivity contribution is 5.92. The zero-order valence-electron chi connectivity index (χ0n) is 10.6. The van der Waals surface area contributed by atoms with E-state index in [4.69, 9.17) is 0 Å². The van der Waals surface area contributed by atoms with Crippen molar-refractivity contribution >= 4 is 5.78 Å². The molecule has 0 saturated carbocycles. The summed E-state index contributed by atoms with van der Waals surface area (Å²) in [6.07, 6.45) is 2.51. The molecule has 3 heteroatoms. The first-order valence-electron chi connectivity index (χ1n) is 5.81. The third-order valence-electron chi connectivity index (χ3n) is 3.69. The van der Waals surface area contributed by atoms with Gasteiger partial charge in [-0.15, -0.1) is 0 Å². The van der Waals surface area contributed by atoms with Crippen molar-refractivity contribution in [3.05, 3.63) is 11.6 Å². The van der Waals surface area contributed by atoms with E-state index in [2.05, 4.69) is 0 Å². The maximum atomic E-state index is 11.5. The summed E-state index contributed by atoms with van der Waals surface area (Å²) in [5.41, 5.74) is -0.718. The first-order chi connectivity index (χ1) is 7.19. The van der Waals surface area contributed by atoms with Crippen molar-refractivity contribution in [2.24, 2.45) is 5.41 Å². The summed E-state index contributed by atoms with van der Waals surface area (Å²) in [5, 5.41) is 20.0. The fraction of sp³-hybridized carbons (Fsp3) is 0.769. The summed E-state index contributed by atoms with van der Waals surface area (Å²) in [6.45, 7) is 7.32. The van der Waals surface area contributed by atoms with Gasteiger partial charge in [0.1, 0.15) is 0 Å². The molecular weight excluding hydrogens is 204 g/mol. The predicted molar refractivity (Wildman–Crippen MR) is 63.0 cm³/mol. The van der Waals surface area contributed by atoms with E-state index in [0.717, 1.165) is 5.57 Å². The van der Waals surface area contributed by atoms with E-state index in [1.807, 2.05) is 13.8 Å². The summed E-state index contributed by atoms with van der Waals surface area (Å²) in [7, 11) is 0. The van der Waals surface area contributed by atoms with Gasteiger partial charge in [-0.2, -0.15) is 0 Å². The molecule has 1 aliphatic rings. The summed E-state index contributed by atoms with van der Waals surface area (Å²) in [6, 6.07) is 0. The molecule has 0 amide bonds. The molecular formula is C13H22O3. The van der Waals surface area contributed by atoms with Crippen molar-refractivity contribution in [2.45, 2.75) is 58.7 Å². The van der Waals surface area contributed by atoms with E-state index >= 15 is 0 Å². The van der Waals surface area contributed by atoms with Gasteiger partial charge in [0.25, 0.3) is 0 Å². The van der Waals surface area contributed by atoms with Gasteiger partial charge in [0.2, 0.25) is 0 Å². The van der Waals surface area contributed by atoms with Crippen molar-refractivity contribution in [1.82, 2.24) is 0 Å². The Hall–Kier alpha value is -0.670. The second-order valence-corrected chi connectivity index (χ2v) is 5.60. The number of carbonyl (C=O) groups is 1. The van der Waals surface area contributed by atoms with Crippen molar-refractivity contribution in [2.75, 3.05) is 0 Å². The Morgan fingerprint density at radius 2 is 2.06 bits per heavy atom. The normalized spacial score (nSPS) is 31.1. The van der Waals surface area contributed by atoms with Crippen LogP contribution in [0.4, 0.5) is 0 Å². The molecule has 0 fully saturated rings. The van der Waals surface area contributed by atoms with Crippen molar-refractivity contribution in [1.29, 1.82) is 0 Å². The minimum atomic E-state index is -0.974. The first-order valence-corrected chi connectivity index (χ1v) is 5.81. The maximum Gasteiger partial charge on any atom is 0.156 e. The summed E-state index contributed by atoms with van der Waals surface area (Å²) in [5.74, 6) is 0.0734. The molecule has 0 aromatic heterocycles. The number of rotatable bonds is 3. The number of allylic oxidation sites excluding steroid dienone is 1. The number of aliphatic hydroxyl groups excluding tert-OH is 1. The minimum Gasteiger partial charge on any atom is -0.393 e. The quantitative estimate of drug-likeness (QED) is 0.771. The highest BCUT2D eigenvalue weighted by atomic mass is 16.3. The van der Waals surface area contributed by atoms with Gasteiger partial charge in [-0.05, 0) is 38.3 Å². The Kier molecular flexibility index (Phi) is 3.60. The van der Waals surface area contributed by atoms with E-state index in [1.165, 1.54) is 6.08 Å². The zero-order valence-corrected chi connectivity index (χ0v) is 10.6.